The van der Waals surface area contributed by atoms with Crippen molar-refractivity contribution in [2.24, 2.45) is 0 Å². The van der Waals surface area contributed by atoms with Crippen molar-refractivity contribution in [1.82, 2.24) is 15.3 Å². The van der Waals surface area contributed by atoms with E-state index >= 15 is 0 Å². The smallest absolute Gasteiger partial charge is 0.266 e. The minimum absolute atomic E-state index is 0.126. The van der Waals surface area contributed by atoms with Crippen molar-refractivity contribution in [2.75, 3.05) is 39.0 Å². The van der Waals surface area contributed by atoms with Gasteiger partial charge in [0.15, 0.2) is 0 Å². The summed E-state index contributed by atoms with van der Waals surface area (Å²) >= 11 is 3.34. The summed E-state index contributed by atoms with van der Waals surface area (Å²) in [5, 5.41) is 1.94. The van der Waals surface area contributed by atoms with E-state index in [4.69, 9.17) is 5.73 Å². The summed E-state index contributed by atoms with van der Waals surface area (Å²) in [7, 11) is 2.08. The lowest BCUT2D eigenvalue weighted by Crippen LogP contribution is -2.52. The van der Waals surface area contributed by atoms with E-state index in [1.165, 1.54) is 0 Å². The molecular formula is C12H17BrN4O. The van der Waals surface area contributed by atoms with E-state index in [9.17, 15) is 4.79 Å². The molecule has 2 rings (SSSR count). The highest BCUT2D eigenvalue weighted by Gasteiger charge is 2.18. The standard InChI is InChI=1S/C12H17BrN4O/c1-16-5-7-17(8-6-16)15-12(18)9-3-2-4-10(14)11(9)13/h2-4H,5-8,14H2,1H3,(H,15,18). The predicted octanol–water partition coefficient (Wildman–Crippen LogP) is 0.923. The van der Waals surface area contributed by atoms with Gasteiger partial charge in [0.1, 0.15) is 0 Å². The number of nitrogens with zero attached hydrogens (tertiary/aromatic N) is 2. The maximum Gasteiger partial charge on any atom is 0.266 e. The van der Waals surface area contributed by atoms with Crippen LogP contribution in [0.25, 0.3) is 0 Å². The summed E-state index contributed by atoms with van der Waals surface area (Å²) in [5.41, 5.74) is 9.80. The highest BCUT2D eigenvalue weighted by Crippen LogP contribution is 2.23. The van der Waals surface area contributed by atoms with Gasteiger partial charge in [-0.3, -0.25) is 10.2 Å². The number of nitrogen functional groups attached to an aromatic ring is 1. The molecule has 1 heterocycles. The Morgan fingerprint density at radius 2 is 2.00 bits per heavy atom. The molecule has 0 atom stereocenters. The van der Waals surface area contributed by atoms with Crippen LogP contribution in [0.3, 0.4) is 0 Å². The predicted molar refractivity (Wildman–Crippen MR) is 75.1 cm³/mol. The molecular weight excluding hydrogens is 296 g/mol. The van der Waals surface area contributed by atoms with Crippen LogP contribution in [0.2, 0.25) is 0 Å². The van der Waals surface area contributed by atoms with E-state index in [0.717, 1.165) is 26.2 Å². The van der Waals surface area contributed by atoms with Gasteiger partial charge in [0.2, 0.25) is 0 Å². The quantitative estimate of drug-likeness (QED) is 0.797. The van der Waals surface area contributed by atoms with Gasteiger partial charge in [-0.1, -0.05) is 6.07 Å². The molecule has 0 saturated carbocycles. The fourth-order valence-corrected chi connectivity index (χ4v) is 2.29. The first kappa shape index (κ1) is 13.3. The molecule has 0 spiro atoms. The number of likely N-dealkylation sites (N-methyl/N-ethyl adjacent to an activating group) is 1. The molecule has 5 nitrogen and oxygen atoms in total. The fraction of sp³-hybridized carbons (Fsp3) is 0.417. The molecule has 1 aliphatic heterocycles. The second-order valence-electron chi connectivity index (χ2n) is 4.44. The highest BCUT2D eigenvalue weighted by atomic mass is 79.9. The summed E-state index contributed by atoms with van der Waals surface area (Å²) in [5.74, 6) is -0.126. The minimum atomic E-state index is -0.126. The van der Waals surface area contributed by atoms with Gasteiger partial charge in [-0.25, -0.2) is 5.01 Å². The number of nitrogens with one attached hydrogen (secondary N) is 1. The van der Waals surface area contributed by atoms with Gasteiger partial charge in [0.25, 0.3) is 5.91 Å². The van der Waals surface area contributed by atoms with Crippen molar-refractivity contribution in [3.05, 3.63) is 28.2 Å². The molecule has 0 bridgehead atoms. The minimum Gasteiger partial charge on any atom is -0.398 e. The SMILES string of the molecule is CN1CCN(NC(=O)c2cccc(N)c2Br)CC1. The van der Waals surface area contributed by atoms with Crippen LogP contribution in [0.1, 0.15) is 10.4 Å². The number of hydrogen-bond donors (Lipinski definition) is 2. The Bertz CT molecular complexity index is 444. The number of anilines is 1. The Kier molecular flexibility index (Phi) is 4.21. The van der Waals surface area contributed by atoms with Gasteiger partial charge in [-0.15, -0.1) is 0 Å². The normalized spacial score (nSPS) is 17.7. The van der Waals surface area contributed by atoms with E-state index in [-0.39, 0.29) is 5.91 Å². The molecule has 1 fully saturated rings. The Labute approximate surface area is 115 Å². The largest absolute Gasteiger partial charge is 0.398 e. The van der Waals surface area contributed by atoms with E-state index in [1.54, 1.807) is 18.2 Å². The van der Waals surface area contributed by atoms with Crippen molar-refractivity contribution < 1.29 is 4.79 Å². The first-order chi connectivity index (χ1) is 8.58. The maximum absolute atomic E-state index is 12.1. The van der Waals surface area contributed by atoms with Crippen LogP contribution in [0.4, 0.5) is 5.69 Å². The first-order valence-electron chi connectivity index (χ1n) is 5.86. The Hall–Kier alpha value is -1.11. The number of amides is 1. The molecule has 0 unspecified atom stereocenters. The molecule has 3 N–H and O–H groups in total. The average molecular weight is 313 g/mol. The van der Waals surface area contributed by atoms with Gasteiger partial charge in [-0.2, -0.15) is 0 Å². The first-order valence-corrected chi connectivity index (χ1v) is 6.65. The summed E-state index contributed by atoms with van der Waals surface area (Å²) < 4.78 is 0.650. The van der Waals surface area contributed by atoms with Gasteiger partial charge < -0.3 is 10.6 Å². The molecule has 1 aromatic carbocycles. The van der Waals surface area contributed by atoms with E-state index in [2.05, 4.69) is 33.3 Å². The summed E-state index contributed by atoms with van der Waals surface area (Å²) in [4.78, 5) is 14.4. The average Bonchev–Trinajstić information content (AvgIpc) is 2.35. The number of benzene rings is 1. The maximum atomic E-state index is 12.1. The number of halogens is 1. The molecule has 1 aromatic rings. The van der Waals surface area contributed by atoms with Crippen LogP contribution < -0.4 is 11.2 Å². The Morgan fingerprint density at radius 1 is 1.33 bits per heavy atom. The third-order valence-corrected chi connectivity index (χ3v) is 3.92. The zero-order chi connectivity index (χ0) is 13.1. The van der Waals surface area contributed by atoms with Crippen molar-refractivity contribution >= 4 is 27.5 Å². The molecule has 1 aliphatic rings. The van der Waals surface area contributed by atoms with Gasteiger partial charge in [0, 0.05) is 31.9 Å². The summed E-state index contributed by atoms with van der Waals surface area (Å²) in [6.07, 6.45) is 0. The zero-order valence-corrected chi connectivity index (χ0v) is 11.9. The van der Waals surface area contributed by atoms with Crippen molar-refractivity contribution in [1.29, 1.82) is 0 Å². The molecule has 18 heavy (non-hydrogen) atoms. The molecule has 6 heteroatoms. The monoisotopic (exact) mass is 312 g/mol. The van der Waals surface area contributed by atoms with Crippen molar-refractivity contribution in [3.8, 4) is 0 Å². The van der Waals surface area contributed by atoms with Crippen LogP contribution in [-0.4, -0.2) is 49.0 Å². The number of hydrazine groups is 1. The van der Waals surface area contributed by atoms with Crippen molar-refractivity contribution in [3.63, 3.8) is 0 Å². The lowest BCUT2D eigenvalue weighted by molar-refractivity contribution is 0.0662. The van der Waals surface area contributed by atoms with E-state index in [1.807, 2.05) is 5.01 Å². The number of piperazine rings is 1. The number of hydrogen-bond acceptors (Lipinski definition) is 4. The summed E-state index contributed by atoms with van der Waals surface area (Å²) in [6, 6.07) is 5.29. The van der Waals surface area contributed by atoms with Crippen LogP contribution >= 0.6 is 15.9 Å². The molecule has 98 valence electrons. The second-order valence-corrected chi connectivity index (χ2v) is 5.23. The molecule has 0 aliphatic carbocycles. The summed E-state index contributed by atoms with van der Waals surface area (Å²) in [6.45, 7) is 3.58. The zero-order valence-electron chi connectivity index (χ0n) is 10.3. The third-order valence-electron chi connectivity index (χ3n) is 3.04. The van der Waals surface area contributed by atoms with Crippen molar-refractivity contribution in [2.45, 2.75) is 0 Å². The number of carbonyl (C=O) groups excluding carboxylic acids is 1. The number of rotatable bonds is 2. The van der Waals surface area contributed by atoms with Crippen LogP contribution in [0.15, 0.2) is 22.7 Å². The second kappa shape index (κ2) is 5.69. The lowest BCUT2D eigenvalue weighted by Gasteiger charge is -2.32. The molecule has 0 aromatic heterocycles. The Balaban J connectivity index is 2.01. The van der Waals surface area contributed by atoms with Crippen LogP contribution in [-0.2, 0) is 0 Å². The topological polar surface area (TPSA) is 61.6 Å². The number of carbonyl (C=O) groups is 1. The molecule has 1 saturated heterocycles. The van der Waals surface area contributed by atoms with Crippen LogP contribution in [0.5, 0.6) is 0 Å². The molecule has 0 radical (unpaired) electrons. The van der Waals surface area contributed by atoms with Gasteiger partial charge in [-0.05, 0) is 35.1 Å². The third kappa shape index (κ3) is 3.01. The van der Waals surface area contributed by atoms with Gasteiger partial charge in [0.05, 0.1) is 10.0 Å². The fourth-order valence-electron chi connectivity index (χ4n) is 1.85. The van der Waals surface area contributed by atoms with E-state index < -0.39 is 0 Å². The Morgan fingerprint density at radius 3 is 2.67 bits per heavy atom. The van der Waals surface area contributed by atoms with E-state index in [0.29, 0.717) is 15.7 Å². The van der Waals surface area contributed by atoms with Crippen LogP contribution in [0, 0.1) is 0 Å². The van der Waals surface area contributed by atoms with Gasteiger partial charge >= 0.3 is 0 Å². The lowest BCUT2D eigenvalue weighted by atomic mass is 10.2. The molecule has 1 amide bonds. The number of nitrogens with two attached hydrogens (primary N) is 1. The highest BCUT2D eigenvalue weighted by molar-refractivity contribution is 9.10.